The van der Waals surface area contributed by atoms with Gasteiger partial charge in [0.25, 0.3) is 0 Å². The molecule has 0 fully saturated rings. The normalized spacial score (nSPS) is 11.6. The van der Waals surface area contributed by atoms with Crippen LogP contribution in [0, 0.1) is 0 Å². The van der Waals surface area contributed by atoms with E-state index in [1.807, 2.05) is 24.3 Å². The molecule has 0 radical (unpaired) electrons. The van der Waals surface area contributed by atoms with Crippen molar-refractivity contribution in [2.45, 2.75) is 64.0 Å². The Balaban J connectivity index is 1.96. The molecular formula is C17H23F3O. The van der Waals surface area contributed by atoms with Gasteiger partial charge in [-0.2, -0.15) is 13.2 Å². The maximum absolute atomic E-state index is 11.9. The molecule has 0 N–H and O–H groups in total. The van der Waals surface area contributed by atoms with E-state index >= 15 is 0 Å². The van der Waals surface area contributed by atoms with Crippen molar-refractivity contribution in [1.82, 2.24) is 0 Å². The largest absolute Gasteiger partial charge is 0.389 e. The van der Waals surface area contributed by atoms with Crippen LogP contribution in [0.4, 0.5) is 13.2 Å². The topological polar surface area (TPSA) is 17.1 Å². The highest BCUT2D eigenvalue weighted by Gasteiger charge is 2.25. The first kappa shape index (κ1) is 17.7. The van der Waals surface area contributed by atoms with Crippen molar-refractivity contribution in [2.75, 3.05) is 0 Å². The monoisotopic (exact) mass is 300 g/mol. The Hall–Kier alpha value is -1.32. The van der Waals surface area contributed by atoms with E-state index in [0.29, 0.717) is 12.0 Å². The van der Waals surface area contributed by atoms with E-state index in [1.165, 1.54) is 5.56 Å². The zero-order valence-corrected chi connectivity index (χ0v) is 12.3. The summed E-state index contributed by atoms with van der Waals surface area (Å²) in [5.74, 6) is 0. The van der Waals surface area contributed by atoms with Gasteiger partial charge in [0.2, 0.25) is 0 Å². The Kier molecular flexibility index (Phi) is 8.09. The van der Waals surface area contributed by atoms with Crippen LogP contribution in [0.5, 0.6) is 0 Å². The average Bonchev–Trinajstić information content (AvgIpc) is 2.45. The van der Waals surface area contributed by atoms with Gasteiger partial charge in [-0.25, -0.2) is 0 Å². The Morgan fingerprint density at radius 1 is 0.810 bits per heavy atom. The minimum absolute atomic E-state index is 0.257. The minimum atomic E-state index is -4.00. The van der Waals surface area contributed by atoms with Crippen LogP contribution < -0.4 is 0 Å². The summed E-state index contributed by atoms with van der Waals surface area (Å²) in [4.78, 5) is 10.5. The number of unbranched alkanes of at least 4 members (excludes halogenated alkanes) is 6. The van der Waals surface area contributed by atoms with Gasteiger partial charge >= 0.3 is 6.18 Å². The zero-order valence-electron chi connectivity index (χ0n) is 12.3. The van der Waals surface area contributed by atoms with Gasteiger partial charge in [-0.1, -0.05) is 56.4 Å². The quantitative estimate of drug-likeness (QED) is 0.398. The van der Waals surface area contributed by atoms with Crippen LogP contribution in [0.2, 0.25) is 0 Å². The maximum atomic E-state index is 11.9. The van der Waals surface area contributed by atoms with E-state index in [0.717, 1.165) is 44.8 Å². The smallest absolute Gasteiger partial charge is 0.298 e. The van der Waals surface area contributed by atoms with E-state index < -0.39 is 12.6 Å². The van der Waals surface area contributed by atoms with Gasteiger partial charge in [-0.3, -0.25) is 4.79 Å². The maximum Gasteiger partial charge on any atom is 0.389 e. The molecule has 0 saturated carbocycles. The van der Waals surface area contributed by atoms with Crippen molar-refractivity contribution in [3.05, 3.63) is 35.4 Å². The van der Waals surface area contributed by atoms with E-state index in [2.05, 4.69) is 0 Å². The molecule has 0 atom stereocenters. The Bertz CT molecular complexity index is 395. The van der Waals surface area contributed by atoms with Gasteiger partial charge in [-0.05, 0) is 24.8 Å². The number of halogens is 3. The average molecular weight is 300 g/mol. The molecule has 0 unspecified atom stereocenters. The van der Waals surface area contributed by atoms with Gasteiger partial charge in [0.15, 0.2) is 0 Å². The van der Waals surface area contributed by atoms with Gasteiger partial charge in [0, 0.05) is 12.0 Å². The highest BCUT2D eigenvalue weighted by atomic mass is 19.4. The molecule has 1 aromatic rings. The van der Waals surface area contributed by atoms with E-state index in [9.17, 15) is 18.0 Å². The van der Waals surface area contributed by atoms with Gasteiger partial charge in [0.05, 0.1) is 0 Å². The van der Waals surface area contributed by atoms with Crippen LogP contribution in [0.25, 0.3) is 0 Å². The first-order valence-electron chi connectivity index (χ1n) is 7.62. The number of alkyl halides is 3. The van der Waals surface area contributed by atoms with Crippen molar-refractivity contribution >= 4 is 6.29 Å². The van der Waals surface area contributed by atoms with Crippen LogP contribution in [0.15, 0.2) is 24.3 Å². The number of hydrogen-bond donors (Lipinski definition) is 0. The number of carbonyl (C=O) groups excluding carboxylic acids is 1. The lowest BCUT2D eigenvalue weighted by Crippen LogP contribution is -2.06. The molecular weight excluding hydrogens is 277 g/mol. The Morgan fingerprint density at radius 3 is 1.86 bits per heavy atom. The third kappa shape index (κ3) is 9.27. The third-order valence-corrected chi connectivity index (χ3v) is 3.54. The van der Waals surface area contributed by atoms with Crippen LogP contribution in [-0.4, -0.2) is 12.5 Å². The lowest BCUT2D eigenvalue weighted by molar-refractivity contribution is -0.135. The van der Waals surface area contributed by atoms with Crippen LogP contribution in [0.3, 0.4) is 0 Å². The second-order valence-corrected chi connectivity index (χ2v) is 5.45. The summed E-state index contributed by atoms with van der Waals surface area (Å²) in [6.07, 6.45) is 3.29. The summed E-state index contributed by atoms with van der Waals surface area (Å²) in [6, 6.07) is 7.59. The number of aldehydes is 1. The molecule has 118 valence electrons. The summed E-state index contributed by atoms with van der Waals surface area (Å²) in [6.45, 7) is 0. The molecule has 4 heteroatoms. The molecule has 0 saturated heterocycles. The summed E-state index contributed by atoms with van der Waals surface area (Å²) in [7, 11) is 0. The summed E-state index contributed by atoms with van der Waals surface area (Å²) < 4.78 is 35.8. The number of hydrogen-bond acceptors (Lipinski definition) is 1. The molecule has 0 bridgehead atoms. The summed E-state index contributed by atoms with van der Waals surface area (Å²) in [5.41, 5.74) is 1.92. The lowest BCUT2D eigenvalue weighted by Gasteiger charge is -2.05. The minimum Gasteiger partial charge on any atom is -0.298 e. The molecule has 0 aliphatic heterocycles. The molecule has 0 aromatic heterocycles. The second kappa shape index (κ2) is 9.59. The van der Waals surface area contributed by atoms with E-state index in [4.69, 9.17) is 0 Å². The van der Waals surface area contributed by atoms with Crippen molar-refractivity contribution in [1.29, 1.82) is 0 Å². The van der Waals surface area contributed by atoms with E-state index in [1.54, 1.807) is 0 Å². The van der Waals surface area contributed by atoms with Gasteiger partial charge < -0.3 is 0 Å². The molecule has 21 heavy (non-hydrogen) atoms. The fraction of sp³-hybridized carbons (Fsp3) is 0.588. The van der Waals surface area contributed by atoms with Crippen molar-refractivity contribution in [2.24, 2.45) is 0 Å². The number of carbonyl (C=O) groups is 1. The van der Waals surface area contributed by atoms with Gasteiger partial charge in [0.1, 0.15) is 6.29 Å². The zero-order chi connectivity index (χ0) is 15.6. The number of rotatable bonds is 10. The Morgan fingerprint density at radius 2 is 1.33 bits per heavy atom. The highest BCUT2D eigenvalue weighted by molar-refractivity contribution is 5.74. The molecule has 1 aromatic carbocycles. The second-order valence-electron chi connectivity index (χ2n) is 5.45. The molecule has 1 rings (SSSR count). The fourth-order valence-corrected chi connectivity index (χ4v) is 2.30. The first-order chi connectivity index (χ1) is 10.0. The SMILES string of the molecule is O=Cc1ccc(CCCCCCCCCC(F)(F)F)cc1. The van der Waals surface area contributed by atoms with Crippen molar-refractivity contribution in [3.63, 3.8) is 0 Å². The molecule has 0 amide bonds. The van der Waals surface area contributed by atoms with E-state index in [-0.39, 0.29) is 6.42 Å². The Labute approximate surface area is 124 Å². The predicted octanol–water partition coefficient (Wildman–Crippen LogP) is 5.72. The van der Waals surface area contributed by atoms with Crippen LogP contribution >= 0.6 is 0 Å². The predicted molar refractivity (Wildman–Crippen MR) is 78.5 cm³/mol. The molecule has 0 aliphatic rings. The third-order valence-electron chi connectivity index (χ3n) is 3.54. The molecule has 1 nitrogen and oxygen atoms in total. The van der Waals surface area contributed by atoms with Crippen molar-refractivity contribution in [3.8, 4) is 0 Å². The van der Waals surface area contributed by atoms with Gasteiger partial charge in [-0.15, -0.1) is 0 Å². The molecule has 0 heterocycles. The number of benzene rings is 1. The summed E-state index contributed by atoms with van der Waals surface area (Å²) in [5, 5.41) is 0. The standard InChI is InChI=1S/C17H23F3O/c18-17(19,20)13-7-5-3-1-2-4-6-8-15-9-11-16(14-21)12-10-15/h9-12,14H,1-8,13H2. The fourth-order valence-electron chi connectivity index (χ4n) is 2.30. The number of aryl methyl sites for hydroxylation is 1. The van der Waals surface area contributed by atoms with Crippen LogP contribution in [-0.2, 0) is 6.42 Å². The van der Waals surface area contributed by atoms with Crippen molar-refractivity contribution < 1.29 is 18.0 Å². The molecule has 0 aliphatic carbocycles. The lowest BCUT2D eigenvalue weighted by atomic mass is 10.0. The molecule has 0 spiro atoms. The highest BCUT2D eigenvalue weighted by Crippen LogP contribution is 2.23. The summed E-state index contributed by atoms with van der Waals surface area (Å²) >= 11 is 0. The van der Waals surface area contributed by atoms with Crippen LogP contribution in [0.1, 0.15) is 67.3 Å². The first-order valence-corrected chi connectivity index (χ1v) is 7.62.